The van der Waals surface area contributed by atoms with E-state index < -0.39 is 0 Å². The molecule has 0 bridgehead atoms. The molecule has 1 N–H and O–H groups in total. The Kier molecular flexibility index (Phi) is 6.38. The van der Waals surface area contributed by atoms with Crippen LogP contribution in [-0.2, 0) is 4.79 Å². The fourth-order valence-electron chi connectivity index (χ4n) is 2.76. The summed E-state index contributed by atoms with van der Waals surface area (Å²) in [5.41, 5.74) is 4.50. The summed E-state index contributed by atoms with van der Waals surface area (Å²) in [6.07, 6.45) is 4.46. The van der Waals surface area contributed by atoms with E-state index in [2.05, 4.69) is 46.8 Å². The Morgan fingerprint density at radius 3 is 2.58 bits per heavy atom. The van der Waals surface area contributed by atoms with Gasteiger partial charge in [0.15, 0.2) is 0 Å². The lowest BCUT2D eigenvalue weighted by Gasteiger charge is -2.09. The Bertz CT molecular complexity index is 699. The van der Waals surface area contributed by atoms with Crippen LogP contribution in [0.2, 0.25) is 0 Å². The summed E-state index contributed by atoms with van der Waals surface area (Å²) in [7, 11) is 4.06. The third-order valence-electron chi connectivity index (χ3n) is 3.98. The number of hydrogen-bond donors (Lipinski definition) is 1. The van der Waals surface area contributed by atoms with Gasteiger partial charge in [0.25, 0.3) is 0 Å². The number of aromatic nitrogens is 1. The lowest BCUT2D eigenvalue weighted by atomic mass is 10.2. The van der Waals surface area contributed by atoms with Gasteiger partial charge in [0.05, 0.1) is 0 Å². The Hall–Kier alpha value is -2.33. The van der Waals surface area contributed by atoms with Crippen molar-refractivity contribution < 1.29 is 4.79 Å². The van der Waals surface area contributed by atoms with E-state index in [1.165, 1.54) is 0 Å². The highest BCUT2D eigenvalue weighted by Gasteiger charge is 2.08. The second-order valence-corrected chi connectivity index (χ2v) is 6.28. The standard InChI is InChI=1S/C20H27N3O/c1-16-15-18(11-12-20(24)21-13-8-14-22(3)4)17(2)23(16)19-9-6-5-7-10-19/h5-7,9-12,15H,8,13-14H2,1-4H3,(H,21,24)/b12-11+. The summed E-state index contributed by atoms with van der Waals surface area (Å²) >= 11 is 0. The van der Waals surface area contributed by atoms with Gasteiger partial charge in [-0.05, 0) is 70.7 Å². The summed E-state index contributed by atoms with van der Waals surface area (Å²) in [4.78, 5) is 14.0. The molecule has 1 aromatic carbocycles. The zero-order chi connectivity index (χ0) is 17.5. The van der Waals surface area contributed by atoms with Crippen molar-refractivity contribution in [2.45, 2.75) is 20.3 Å². The molecule has 4 nitrogen and oxygen atoms in total. The molecule has 1 amide bonds. The van der Waals surface area contributed by atoms with Gasteiger partial charge in [-0.15, -0.1) is 0 Å². The monoisotopic (exact) mass is 325 g/mol. The van der Waals surface area contributed by atoms with Gasteiger partial charge < -0.3 is 14.8 Å². The van der Waals surface area contributed by atoms with Crippen molar-refractivity contribution in [2.75, 3.05) is 27.2 Å². The molecule has 2 rings (SSSR count). The maximum absolute atomic E-state index is 11.9. The van der Waals surface area contributed by atoms with Crippen molar-refractivity contribution >= 4 is 12.0 Å². The van der Waals surface area contributed by atoms with Crippen molar-refractivity contribution in [3.63, 3.8) is 0 Å². The quantitative estimate of drug-likeness (QED) is 0.627. The number of aryl methyl sites for hydroxylation is 1. The Morgan fingerprint density at radius 1 is 1.21 bits per heavy atom. The molecular formula is C20H27N3O. The third-order valence-corrected chi connectivity index (χ3v) is 3.98. The lowest BCUT2D eigenvalue weighted by Crippen LogP contribution is -2.25. The molecule has 24 heavy (non-hydrogen) atoms. The second kappa shape index (κ2) is 8.50. The molecule has 0 unspecified atom stereocenters. The molecule has 0 radical (unpaired) electrons. The molecule has 0 saturated carbocycles. The first kappa shape index (κ1) is 18.0. The van der Waals surface area contributed by atoms with Crippen LogP contribution in [0, 0.1) is 13.8 Å². The minimum absolute atomic E-state index is 0.0433. The molecule has 0 spiro atoms. The number of amides is 1. The molecule has 0 fully saturated rings. The van der Waals surface area contributed by atoms with Gasteiger partial charge >= 0.3 is 0 Å². The van der Waals surface area contributed by atoms with Crippen LogP contribution in [0.5, 0.6) is 0 Å². The van der Waals surface area contributed by atoms with Crippen molar-refractivity contribution in [1.82, 2.24) is 14.8 Å². The van der Waals surface area contributed by atoms with Crippen molar-refractivity contribution in [3.05, 3.63) is 59.4 Å². The maximum Gasteiger partial charge on any atom is 0.244 e. The average Bonchev–Trinajstić information content (AvgIpc) is 2.84. The number of nitrogens with zero attached hydrogens (tertiary/aromatic N) is 2. The number of benzene rings is 1. The first-order valence-electron chi connectivity index (χ1n) is 8.34. The summed E-state index contributed by atoms with van der Waals surface area (Å²) in [5.74, 6) is -0.0433. The highest BCUT2D eigenvalue weighted by atomic mass is 16.1. The van der Waals surface area contributed by atoms with Crippen LogP contribution in [0.25, 0.3) is 11.8 Å². The molecule has 0 aliphatic carbocycles. The summed E-state index contributed by atoms with van der Waals surface area (Å²) in [5, 5.41) is 2.92. The highest BCUT2D eigenvalue weighted by molar-refractivity contribution is 5.91. The van der Waals surface area contributed by atoms with Gasteiger partial charge in [0.2, 0.25) is 5.91 Å². The molecule has 0 atom stereocenters. The smallest absolute Gasteiger partial charge is 0.244 e. The maximum atomic E-state index is 11.9. The van der Waals surface area contributed by atoms with Gasteiger partial charge in [-0.1, -0.05) is 18.2 Å². The first-order chi connectivity index (χ1) is 11.5. The van der Waals surface area contributed by atoms with Crippen LogP contribution < -0.4 is 5.32 Å². The van der Waals surface area contributed by atoms with E-state index in [1.807, 2.05) is 38.4 Å². The molecule has 0 aliphatic rings. The molecule has 0 saturated heterocycles. The van der Waals surface area contributed by atoms with Crippen molar-refractivity contribution in [2.24, 2.45) is 0 Å². The number of para-hydroxylation sites is 1. The molecule has 1 heterocycles. The summed E-state index contributed by atoms with van der Waals surface area (Å²) < 4.78 is 2.20. The van der Waals surface area contributed by atoms with E-state index in [9.17, 15) is 4.79 Å². The lowest BCUT2D eigenvalue weighted by molar-refractivity contribution is -0.116. The van der Waals surface area contributed by atoms with E-state index >= 15 is 0 Å². The average molecular weight is 325 g/mol. The fraction of sp³-hybridized carbons (Fsp3) is 0.350. The van der Waals surface area contributed by atoms with E-state index in [1.54, 1.807) is 6.08 Å². The molecule has 0 aliphatic heterocycles. The van der Waals surface area contributed by atoms with Gasteiger partial charge in [-0.25, -0.2) is 0 Å². The van der Waals surface area contributed by atoms with Gasteiger partial charge in [-0.3, -0.25) is 4.79 Å². The Morgan fingerprint density at radius 2 is 1.92 bits per heavy atom. The van der Waals surface area contributed by atoms with E-state index in [-0.39, 0.29) is 5.91 Å². The van der Waals surface area contributed by atoms with Crippen LogP contribution >= 0.6 is 0 Å². The SMILES string of the molecule is Cc1cc(/C=C/C(=O)NCCCN(C)C)c(C)n1-c1ccccc1. The highest BCUT2D eigenvalue weighted by Crippen LogP contribution is 2.21. The largest absolute Gasteiger partial charge is 0.353 e. The number of rotatable bonds is 7. The van der Waals surface area contributed by atoms with E-state index in [0.29, 0.717) is 6.54 Å². The van der Waals surface area contributed by atoms with Crippen molar-refractivity contribution in [1.29, 1.82) is 0 Å². The Labute approximate surface area is 144 Å². The summed E-state index contributed by atoms with van der Waals surface area (Å²) in [6, 6.07) is 12.4. The van der Waals surface area contributed by atoms with E-state index in [0.717, 1.165) is 35.6 Å². The number of hydrogen-bond acceptors (Lipinski definition) is 2. The number of nitrogens with one attached hydrogen (secondary N) is 1. The third kappa shape index (κ3) is 4.83. The topological polar surface area (TPSA) is 37.3 Å². The molecule has 4 heteroatoms. The molecule has 128 valence electrons. The minimum Gasteiger partial charge on any atom is -0.353 e. The fourth-order valence-corrected chi connectivity index (χ4v) is 2.76. The van der Waals surface area contributed by atoms with Crippen LogP contribution in [0.15, 0.2) is 42.5 Å². The summed E-state index contributed by atoms with van der Waals surface area (Å²) in [6.45, 7) is 5.83. The molecular weight excluding hydrogens is 298 g/mol. The minimum atomic E-state index is -0.0433. The van der Waals surface area contributed by atoms with Crippen LogP contribution in [0.4, 0.5) is 0 Å². The molecule has 1 aromatic heterocycles. The van der Waals surface area contributed by atoms with Gasteiger partial charge in [0, 0.05) is 29.7 Å². The van der Waals surface area contributed by atoms with Crippen LogP contribution in [0.3, 0.4) is 0 Å². The van der Waals surface area contributed by atoms with Crippen LogP contribution in [0.1, 0.15) is 23.4 Å². The zero-order valence-electron chi connectivity index (χ0n) is 15.0. The zero-order valence-corrected chi connectivity index (χ0v) is 15.0. The van der Waals surface area contributed by atoms with Crippen LogP contribution in [-0.4, -0.2) is 42.6 Å². The van der Waals surface area contributed by atoms with Crippen molar-refractivity contribution in [3.8, 4) is 5.69 Å². The normalized spacial score (nSPS) is 11.4. The van der Waals surface area contributed by atoms with Gasteiger partial charge in [0.1, 0.15) is 0 Å². The predicted octanol–water partition coefficient (Wildman–Crippen LogP) is 3.18. The second-order valence-electron chi connectivity index (χ2n) is 6.28. The van der Waals surface area contributed by atoms with E-state index in [4.69, 9.17) is 0 Å². The molecule has 2 aromatic rings. The Balaban J connectivity index is 2.02. The number of carbonyl (C=O) groups is 1. The van der Waals surface area contributed by atoms with Gasteiger partial charge in [-0.2, -0.15) is 0 Å². The first-order valence-corrected chi connectivity index (χ1v) is 8.34. The number of carbonyl (C=O) groups excluding carboxylic acids is 1. The predicted molar refractivity (Wildman–Crippen MR) is 100 cm³/mol.